The molecule has 0 unspecified atom stereocenters. The number of methoxy groups -OCH3 is 1. The molecule has 14 nitrogen and oxygen atoms in total. The number of fused-ring (bicyclic) bond motifs is 3. The van der Waals surface area contributed by atoms with Crippen LogP contribution in [0.25, 0.3) is 10.8 Å². The molecular formula is C32H41B2N5O9S. The second-order valence-corrected chi connectivity index (χ2v) is 15.3. The Morgan fingerprint density at radius 2 is 2.02 bits per heavy atom. The van der Waals surface area contributed by atoms with Gasteiger partial charge in [0.25, 0.3) is 26.0 Å². The van der Waals surface area contributed by atoms with Gasteiger partial charge in [-0.2, -0.15) is 0 Å². The van der Waals surface area contributed by atoms with Crippen LogP contribution in [0.3, 0.4) is 0 Å². The second kappa shape index (κ2) is 14.5. The highest BCUT2D eigenvalue weighted by molar-refractivity contribution is 7.91. The normalized spacial score (nSPS) is 28.3. The van der Waals surface area contributed by atoms with Gasteiger partial charge in [-0.3, -0.25) is 23.9 Å². The third-order valence-corrected chi connectivity index (χ3v) is 11.7. The number of ether oxygens (including phenoxy) is 2. The largest absolute Gasteiger partial charge is 0.477 e. The third kappa shape index (κ3) is 7.63. The fraction of sp³-hybridized carbons (Fsp3) is 0.531. The number of pyridine rings is 1. The predicted molar refractivity (Wildman–Crippen MR) is 183 cm³/mol. The van der Waals surface area contributed by atoms with Gasteiger partial charge in [0.05, 0.1) is 25.6 Å². The standard InChI is InChI=1S/C32H41B2N5O9S/c1-46-31(43)34-13-6-2-3-8-21-16-32(21,30(42)38-49(44,45)23-10-11-23)37-27(40)26-15-22(18-39(26)29(41)25(17-34)33-47-19-35)48-28-24-9-5-4-7-20(24)12-14-36-28/h3-5,7-9,12,14,21-23,25-26,33H,2,6,10-11,13,15-19,35H2,1H3,(H,37,40)(H,38,42)/b8-3-/t21-,22-,25+,26+,32-/m1/s1. The molecule has 6 rings (SSSR count). The number of benzene rings is 1. The molecule has 2 saturated carbocycles. The molecule has 3 heterocycles. The molecule has 4 aliphatic rings. The molecule has 0 bridgehead atoms. The molecule has 2 aromatic rings. The topological polar surface area (TPSA) is 196 Å². The smallest absolute Gasteiger partial charge is 0.288 e. The minimum absolute atomic E-state index is 0.0163. The van der Waals surface area contributed by atoms with Gasteiger partial charge >= 0.3 is 0 Å². The van der Waals surface area contributed by atoms with Crippen LogP contribution in [0.4, 0.5) is 4.79 Å². The number of nitrogens with zero attached hydrogens (tertiary/aromatic N) is 2. The number of hydrogen-bond acceptors (Lipinski definition) is 11. The highest BCUT2D eigenvalue weighted by Crippen LogP contribution is 2.46. The maximum atomic E-state index is 14.4. The lowest BCUT2D eigenvalue weighted by atomic mass is 9.40. The Morgan fingerprint density at radius 1 is 1.22 bits per heavy atom. The van der Waals surface area contributed by atoms with E-state index in [1.807, 2.05) is 42.5 Å². The molecular weight excluding hydrogens is 652 g/mol. The Balaban J connectivity index is 1.33. The van der Waals surface area contributed by atoms with Gasteiger partial charge in [0.1, 0.15) is 17.7 Å². The number of carbonyl (C=O) groups excluding carboxylic acids is 4. The van der Waals surface area contributed by atoms with E-state index in [1.165, 1.54) is 12.0 Å². The number of aromatic nitrogens is 1. The average molecular weight is 693 g/mol. The summed E-state index contributed by atoms with van der Waals surface area (Å²) >= 11 is 0. The molecule has 0 radical (unpaired) electrons. The molecule has 4 N–H and O–H groups in total. The Kier molecular flexibility index (Phi) is 10.3. The van der Waals surface area contributed by atoms with E-state index in [-0.39, 0.29) is 39.9 Å². The van der Waals surface area contributed by atoms with Crippen molar-refractivity contribution in [1.82, 2.24) is 19.9 Å². The third-order valence-electron chi connectivity index (χ3n) is 9.91. The van der Waals surface area contributed by atoms with E-state index in [0.717, 1.165) is 10.8 Å². The zero-order valence-electron chi connectivity index (χ0n) is 27.4. The first-order chi connectivity index (χ1) is 23.6. The number of rotatable bonds is 9. The molecule has 2 aliphatic carbocycles. The summed E-state index contributed by atoms with van der Waals surface area (Å²) < 4.78 is 44.7. The van der Waals surface area contributed by atoms with Gasteiger partial charge < -0.3 is 30.1 Å². The zero-order valence-corrected chi connectivity index (χ0v) is 28.2. The van der Waals surface area contributed by atoms with Gasteiger partial charge in [0.2, 0.25) is 27.7 Å². The Morgan fingerprint density at radius 3 is 2.78 bits per heavy atom. The molecule has 1 saturated heterocycles. The van der Waals surface area contributed by atoms with Crippen molar-refractivity contribution in [3.8, 4) is 5.88 Å². The minimum Gasteiger partial charge on any atom is -0.477 e. The van der Waals surface area contributed by atoms with Crippen molar-refractivity contribution in [2.75, 3.05) is 20.4 Å². The lowest BCUT2D eigenvalue weighted by molar-refractivity contribution is -0.139. The van der Waals surface area contributed by atoms with Crippen LogP contribution >= 0.6 is 0 Å². The van der Waals surface area contributed by atoms with Crippen LogP contribution in [0.2, 0.25) is 18.5 Å². The Bertz CT molecular complexity index is 1740. The summed E-state index contributed by atoms with van der Waals surface area (Å²) in [6.07, 6.45) is 7.55. The van der Waals surface area contributed by atoms with Gasteiger partial charge in [0, 0.05) is 29.7 Å². The number of sulfonamides is 1. The highest BCUT2D eigenvalue weighted by Gasteiger charge is 2.62. The van der Waals surface area contributed by atoms with Crippen LogP contribution < -0.4 is 20.5 Å². The molecule has 5 atom stereocenters. The summed E-state index contributed by atoms with van der Waals surface area (Å²) in [4.78, 5) is 60.9. The molecule has 0 spiro atoms. The van der Waals surface area contributed by atoms with E-state index in [9.17, 15) is 27.6 Å². The summed E-state index contributed by atoms with van der Waals surface area (Å²) in [6, 6.07) is 8.33. The van der Waals surface area contributed by atoms with Crippen LogP contribution in [-0.4, -0.2) is 99.4 Å². The maximum Gasteiger partial charge on any atom is 0.288 e. The lowest BCUT2D eigenvalue weighted by Crippen LogP contribution is -2.57. The van der Waals surface area contributed by atoms with Crippen LogP contribution in [0.15, 0.2) is 48.7 Å². The van der Waals surface area contributed by atoms with Crippen LogP contribution in [-0.2, 0) is 33.8 Å². The van der Waals surface area contributed by atoms with E-state index in [1.54, 1.807) is 6.20 Å². The highest BCUT2D eigenvalue weighted by atomic mass is 32.2. The molecule has 3 fully saturated rings. The first-order valence-corrected chi connectivity index (χ1v) is 18.3. The van der Waals surface area contributed by atoms with Gasteiger partial charge in [-0.15, -0.1) is 0 Å². The SMILES string of the molecule is COC(=O)B1CCC/C=C\[C@@H]2C[C@@]2(C(=O)NS(=O)(=O)C2CC2)NC(=O)[C@@H]2C[C@@H](Oc3nccc4ccccc34)CN2C(=O)[C@@H](BOCN)C1. The van der Waals surface area contributed by atoms with Crippen molar-refractivity contribution in [1.29, 1.82) is 0 Å². The van der Waals surface area contributed by atoms with E-state index < -0.39 is 75.0 Å². The quantitative estimate of drug-likeness (QED) is 0.195. The van der Waals surface area contributed by atoms with Crippen molar-refractivity contribution in [3.63, 3.8) is 0 Å². The number of nitrogens with two attached hydrogens (primary N) is 1. The molecule has 3 amide bonds. The predicted octanol–water partition coefficient (Wildman–Crippen LogP) is 1.33. The number of amides is 3. The Labute approximate surface area is 286 Å². The Hall–Kier alpha value is -3.95. The summed E-state index contributed by atoms with van der Waals surface area (Å²) in [5.74, 6) is -3.25. The number of hydrogen-bond donors (Lipinski definition) is 3. The van der Waals surface area contributed by atoms with Gasteiger partial charge in [0.15, 0.2) is 0 Å². The van der Waals surface area contributed by atoms with E-state index >= 15 is 0 Å². The van der Waals surface area contributed by atoms with E-state index in [0.29, 0.717) is 37.9 Å². The molecule has 17 heteroatoms. The summed E-state index contributed by atoms with van der Waals surface area (Å²) in [7, 11) is -2.67. The van der Waals surface area contributed by atoms with Crippen molar-refractivity contribution >= 4 is 58.6 Å². The van der Waals surface area contributed by atoms with E-state index in [4.69, 9.17) is 19.9 Å². The summed E-state index contributed by atoms with van der Waals surface area (Å²) in [6.45, 7) is -0.746. The first kappa shape index (κ1) is 34.9. The van der Waals surface area contributed by atoms with Crippen LogP contribution in [0.1, 0.15) is 38.5 Å². The number of nitrogens with one attached hydrogen (secondary N) is 2. The van der Waals surface area contributed by atoms with Crippen molar-refractivity contribution in [3.05, 3.63) is 48.7 Å². The minimum atomic E-state index is -3.89. The fourth-order valence-electron chi connectivity index (χ4n) is 6.96. The first-order valence-electron chi connectivity index (χ1n) is 16.8. The van der Waals surface area contributed by atoms with E-state index in [2.05, 4.69) is 15.0 Å². The van der Waals surface area contributed by atoms with Crippen molar-refractivity contribution in [2.24, 2.45) is 11.7 Å². The average Bonchev–Trinajstić information content (AvgIpc) is 4.02. The summed E-state index contributed by atoms with van der Waals surface area (Å²) in [5, 5.41) is 3.91. The number of allylic oxidation sites excluding steroid dienone is 1. The zero-order chi connectivity index (χ0) is 34.8. The van der Waals surface area contributed by atoms with Gasteiger partial charge in [-0.05, 0) is 43.2 Å². The van der Waals surface area contributed by atoms with Crippen molar-refractivity contribution < 1.29 is 41.7 Å². The monoisotopic (exact) mass is 693 g/mol. The molecule has 1 aromatic heterocycles. The maximum absolute atomic E-state index is 14.4. The van der Waals surface area contributed by atoms with Gasteiger partial charge in [-0.25, -0.2) is 13.4 Å². The van der Waals surface area contributed by atoms with Crippen LogP contribution in [0, 0.1) is 5.92 Å². The lowest BCUT2D eigenvalue weighted by Gasteiger charge is -2.29. The number of carbonyl (C=O) groups is 4. The molecule has 1 aromatic carbocycles. The van der Waals surface area contributed by atoms with Crippen LogP contribution in [0.5, 0.6) is 5.88 Å². The molecule has 260 valence electrons. The fourth-order valence-corrected chi connectivity index (χ4v) is 8.32. The van der Waals surface area contributed by atoms with Gasteiger partial charge in [-0.1, -0.05) is 49.4 Å². The summed E-state index contributed by atoms with van der Waals surface area (Å²) in [5.41, 5.74) is 4.13. The van der Waals surface area contributed by atoms with Crippen molar-refractivity contribution in [2.45, 2.75) is 79.9 Å². The second-order valence-electron chi connectivity index (χ2n) is 13.3. The molecule has 49 heavy (non-hydrogen) atoms. The molecule has 2 aliphatic heterocycles.